The van der Waals surface area contributed by atoms with Crippen molar-refractivity contribution in [3.63, 3.8) is 0 Å². The van der Waals surface area contributed by atoms with E-state index in [1.54, 1.807) is 7.11 Å². The molecule has 0 N–H and O–H groups in total. The Morgan fingerprint density at radius 1 is 1.21 bits per heavy atom. The first kappa shape index (κ1) is 22.5. The monoisotopic (exact) mass is 499 g/mol. The van der Waals surface area contributed by atoms with Crippen molar-refractivity contribution >= 4 is 61.1 Å². The molecule has 3 rings (SSSR count). The molecule has 9 heteroatoms. The van der Waals surface area contributed by atoms with E-state index in [-0.39, 0.29) is 17.6 Å². The number of thiazole rings is 1. The minimum Gasteiger partial charge on any atom is -0.383 e. The lowest BCUT2D eigenvalue weighted by atomic mass is 10.2. The molecule has 0 atom stereocenters. The van der Waals surface area contributed by atoms with Gasteiger partial charge in [0.1, 0.15) is 0 Å². The van der Waals surface area contributed by atoms with Crippen LogP contribution in [0, 0.1) is 0 Å². The summed E-state index contributed by atoms with van der Waals surface area (Å²) < 4.78 is 9.27. The maximum Gasteiger partial charge on any atom is 0.258 e. The van der Waals surface area contributed by atoms with E-state index in [0.717, 1.165) is 40.6 Å². The van der Waals surface area contributed by atoms with Gasteiger partial charge in [0.05, 0.1) is 28.3 Å². The van der Waals surface area contributed by atoms with E-state index in [4.69, 9.17) is 4.74 Å². The van der Waals surface area contributed by atoms with Gasteiger partial charge in [-0.1, -0.05) is 40.1 Å². The van der Waals surface area contributed by atoms with Gasteiger partial charge >= 0.3 is 0 Å². The Hall–Kier alpha value is -1.16. The maximum absolute atomic E-state index is 12.4. The largest absolute Gasteiger partial charge is 0.383 e. The molecule has 0 aliphatic carbocycles. The van der Waals surface area contributed by atoms with Crippen molar-refractivity contribution in [3.8, 4) is 0 Å². The second-order valence-electron chi connectivity index (χ2n) is 6.93. The summed E-state index contributed by atoms with van der Waals surface area (Å²) in [6, 6.07) is 6.03. The Morgan fingerprint density at radius 3 is 2.69 bits per heavy atom. The van der Waals surface area contributed by atoms with Crippen molar-refractivity contribution in [2.24, 2.45) is 4.99 Å². The van der Waals surface area contributed by atoms with Crippen LogP contribution in [0.2, 0.25) is 0 Å². The first-order valence-corrected chi connectivity index (χ1v) is 12.6. The van der Waals surface area contributed by atoms with Crippen LogP contribution in [-0.4, -0.2) is 59.6 Å². The number of fused-ring (bicyclic) bond motifs is 1. The van der Waals surface area contributed by atoms with Gasteiger partial charge in [-0.2, -0.15) is 4.99 Å². The number of benzene rings is 1. The van der Waals surface area contributed by atoms with E-state index < -0.39 is 0 Å². The van der Waals surface area contributed by atoms with E-state index in [1.807, 2.05) is 27.7 Å². The van der Waals surface area contributed by atoms with Crippen LogP contribution in [0.15, 0.2) is 27.7 Å². The van der Waals surface area contributed by atoms with Gasteiger partial charge in [-0.3, -0.25) is 9.59 Å². The molecule has 0 spiro atoms. The Morgan fingerprint density at radius 2 is 1.97 bits per heavy atom. The number of nitrogens with zero attached hydrogens (tertiary/aromatic N) is 3. The third-order valence-corrected chi connectivity index (χ3v) is 7.23. The van der Waals surface area contributed by atoms with Crippen molar-refractivity contribution < 1.29 is 14.3 Å². The van der Waals surface area contributed by atoms with Crippen molar-refractivity contribution in [1.29, 1.82) is 0 Å². The number of likely N-dealkylation sites (tertiary alicyclic amines) is 1. The van der Waals surface area contributed by atoms with Crippen LogP contribution < -0.4 is 4.80 Å². The molecule has 2 aromatic rings. The highest BCUT2D eigenvalue weighted by Crippen LogP contribution is 2.22. The Labute approximate surface area is 187 Å². The van der Waals surface area contributed by atoms with Crippen LogP contribution >= 0.6 is 39.0 Å². The number of aromatic nitrogens is 1. The van der Waals surface area contributed by atoms with Gasteiger partial charge in [-0.25, -0.2) is 0 Å². The van der Waals surface area contributed by atoms with Gasteiger partial charge in [0, 0.05) is 31.2 Å². The van der Waals surface area contributed by atoms with Crippen LogP contribution in [0.5, 0.6) is 0 Å². The number of amides is 2. The molecule has 0 unspecified atom stereocenters. The molecule has 1 aromatic carbocycles. The molecule has 1 saturated heterocycles. The third-order valence-electron chi connectivity index (χ3n) is 4.79. The molecule has 2 heterocycles. The van der Waals surface area contributed by atoms with Gasteiger partial charge in [0.2, 0.25) is 5.91 Å². The predicted octanol–water partition coefficient (Wildman–Crippen LogP) is 3.67. The summed E-state index contributed by atoms with van der Waals surface area (Å²) in [5.74, 6) is 0.466. The van der Waals surface area contributed by atoms with Crippen molar-refractivity contribution in [1.82, 2.24) is 9.47 Å². The van der Waals surface area contributed by atoms with E-state index >= 15 is 0 Å². The fourth-order valence-electron chi connectivity index (χ4n) is 3.31. The number of hydrogen-bond acceptors (Lipinski definition) is 5. The number of hydrogen-bond donors (Lipinski definition) is 0. The molecule has 1 aromatic heterocycles. The molecule has 2 amide bonds. The minimum absolute atomic E-state index is 0.131. The highest BCUT2D eigenvalue weighted by molar-refractivity contribution is 9.10. The molecular formula is C20H26BrN3O3S2. The summed E-state index contributed by atoms with van der Waals surface area (Å²) in [6.45, 7) is 2.86. The van der Waals surface area contributed by atoms with Gasteiger partial charge in [0.15, 0.2) is 4.80 Å². The average molecular weight is 500 g/mol. The number of carbonyl (C=O) groups excluding carboxylic acids is 2. The lowest BCUT2D eigenvalue weighted by Crippen LogP contribution is -2.33. The zero-order valence-electron chi connectivity index (χ0n) is 16.6. The Balaban J connectivity index is 1.65. The highest BCUT2D eigenvalue weighted by Gasteiger charge is 2.16. The fourth-order valence-corrected chi connectivity index (χ4v) is 5.63. The summed E-state index contributed by atoms with van der Waals surface area (Å²) >= 11 is 6.33. The van der Waals surface area contributed by atoms with Gasteiger partial charge in [-0.15, -0.1) is 11.8 Å². The average Bonchev–Trinajstić information content (AvgIpc) is 2.86. The second kappa shape index (κ2) is 11.3. The van der Waals surface area contributed by atoms with Crippen LogP contribution in [0.1, 0.15) is 25.7 Å². The third kappa shape index (κ3) is 6.41. The molecule has 29 heavy (non-hydrogen) atoms. The number of halogens is 1. The molecule has 1 aliphatic heterocycles. The predicted molar refractivity (Wildman–Crippen MR) is 122 cm³/mol. The maximum atomic E-state index is 12.4. The van der Waals surface area contributed by atoms with Crippen molar-refractivity contribution in [2.75, 3.05) is 38.3 Å². The minimum atomic E-state index is -0.213. The summed E-state index contributed by atoms with van der Waals surface area (Å²) in [6.07, 6.45) is 4.55. The number of thioether (sulfide) groups is 1. The summed E-state index contributed by atoms with van der Waals surface area (Å²) in [5, 5.41) is 0. The van der Waals surface area contributed by atoms with Gasteiger partial charge in [0.25, 0.3) is 5.91 Å². The number of carbonyl (C=O) groups is 2. The van der Waals surface area contributed by atoms with Crippen LogP contribution in [0.4, 0.5) is 0 Å². The van der Waals surface area contributed by atoms with Crippen LogP contribution in [-0.2, 0) is 20.9 Å². The van der Waals surface area contributed by atoms with E-state index in [2.05, 4.69) is 20.9 Å². The van der Waals surface area contributed by atoms with Crippen LogP contribution in [0.3, 0.4) is 0 Å². The first-order valence-electron chi connectivity index (χ1n) is 9.79. The topological polar surface area (TPSA) is 63.9 Å². The zero-order chi connectivity index (χ0) is 20.6. The van der Waals surface area contributed by atoms with Crippen LogP contribution in [0.25, 0.3) is 10.2 Å². The molecule has 0 radical (unpaired) electrons. The standard InChI is InChI=1S/C20H26BrN3O3S2/c1-27-11-10-24-16-7-6-15(21)12-17(16)29-20(24)22-18(25)13-28-14-19(26)23-8-4-2-3-5-9-23/h6-7,12H,2-5,8-11,13-14H2,1H3. The highest BCUT2D eigenvalue weighted by atomic mass is 79.9. The number of rotatable bonds is 7. The van der Waals surface area contributed by atoms with Crippen molar-refractivity contribution in [2.45, 2.75) is 32.2 Å². The first-order chi connectivity index (χ1) is 14.1. The smallest absolute Gasteiger partial charge is 0.258 e. The van der Waals surface area contributed by atoms with E-state index in [0.29, 0.717) is 23.7 Å². The lowest BCUT2D eigenvalue weighted by Gasteiger charge is -2.19. The van der Waals surface area contributed by atoms with Crippen molar-refractivity contribution in [3.05, 3.63) is 27.5 Å². The lowest BCUT2D eigenvalue weighted by molar-refractivity contribution is -0.128. The normalized spacial score (nSPS) is 15.7. The van der Waals surface area contributed by atoms with Gasteiger partial charge in [-0.05, 0) is 31.0 Å². The molecule has 0 bridgehead atoms. The summed E-state index contributed by atoms with van der Waals surface area (Å²) in [5.41, 5.74) is 1.03. The molecular weight excluding hydrogens is 474 g/mol. The zero-order valence-corrected chi connectivity index (χ0v) is 19.8. The van der Waals surface area contributed by atoms with E-state index in [1.165, 1.54) is 35.9 Å². The number of ether oxygens (including phenoxy) is 1. The summed E-state index contributed by atoms with van der Waals surface area (Å²) in [4.78, 5) is 31.7. The Kier molecular flexibility index (Phi) is 8.77. The SMILES string of the molecule is COCCn1c(=NC(=O)CSCC(=O)N2CCCCCC2)sc2cc(Br)ccc21. The second-order valence-corrected chi connectivity index (χ2v) is 9.84. The molecule has 6 nitrogen and oxygen atoms in total. The molecule has 1 aliphatic rings. The Bertz CT molecular complexity index is 917. The summed E-state index contributed by atoms with van der Waals surface area (Å²) in [7, 11) is 1.66. The molecule has 0 saturated carbocycles. The molecule has 158 valence electrons. The van der Waals surface area contributed by atoms with E-state index in [9.17, 15) is 9.59 Å². The number of methoxy groups -OCH3 is 1. The fraction of sp³-hybridized carbons (Fsp3) is 0.550. The van der Waals surface area contributed by atoms with Gasteiger partial charge < -0.3 is 14.2 Å². The molecule has 1 fully saturated rings. The quantitative estimate of drug-likeness (QED) is 0.582.